The van der Waals surface area contributed by atoms with Gasteiger partial charge in [0, 0.05) is 0 Å². The zero-order valence-corrected chi connectivity index (χ0v) is 21.1. The van der Waals surface area contributed by atoms with Gasteiger partial charge in [-0.05, 0) is 16.7 Å². The molecule has 0 bridgehead atoms. The highest BCUT2D eigenvalue weighted by atomic mass is 28.3. The fourth-order valence-corrected chi connectivity index (χ4v) is 12.1. The first-order valence-electron chi connectivity index (χ1n) is 11.4. The topological polar surface area (TPSA) is 0 Å². The van der Waals surface area contributed by atoms with Crippen LogP contribution in [0.2, 0.25) is 36.3 Å². The van der Waals surface area contributed by atoms with Crippen LogP contribution in [-0.2, 0) is 0 Å². The molecule has 2 aromatic rings. The van der Waals surface area contributed by atoms with Crippen LogP contribution in [0.15, 0.2) is 55.1 Å². The first-order valence-corrected chi connectivity index (χ1v) is 16.6. The summed E-state index contributed by atoms with van der Waals surface area (Å²) in [7, 11) is -2.59. The van der Waals surface area contributed by atoms with Crippen molar-refractivity contribution in [3.05, 3.63) is 66.2 Å². The molecule has 2 aromatic carbocycles. The normalized spacial score (nSPS) is 12.2. The Morgan fingerprint density at radius 3 is 1.00 bits per heavy atom. The van der Waals surface area contributed by atoms with E-state index < -0.39 is 16.1 Å². The Labute approximate surface area is 176 Å². The van der Waals surface area contributed by atoms with Crippen molar-refractivity contribution >= 4 is 32.1 Å². The third-order valence-corrected chi connectivity index (χ3v) is 19.0. The van der Waals surface area contributed by atoms with Crippen molar-refractivity contribution in [1.82, 2.24) is 0 Å². The fourth-order valence-electron chi connectivity index (χ4n) is 4.94. The van der Waals surface area contributed by atoms with Crippen molar-refractivity contribution in [2.45, 2.75) is 77.8 Å². The summed E-state index contributed by atoms with van der Waals surface area (Å²) in [4.78, 5) is 0. The SMILES string of the molecule is C=C(c1ccc([Si](CC)(CC)CC)cc1)c1ccc([Si](CC)(CC)CC)cc1. The molecule has 0 fully saturated rings. The van der Waals surface area contributed by atoms with E-state index in [2.05, 4.69) is 96.7 Å². The third kappa shape index (κ3) is 4.28. The van der Waals surface area contributed by atoms with E-state index in [0.717, 1.165) is 5.57 Å². The van der Waals surface area contributed by atoms with E-state index >= 15 is 0 Å². The van der Waals surface area contributed by atoms with Crippen LogP contribution in [0.25, 0.3) is 5.57 Å². The van der Waals surface area contributed by atoms with Crippen LogP contribution in [0.1, 0.15) is 52.7 Å². The van der Waals surface area contributed by atoms with Crippen molar-refractivity contribution in [2.75, 3.05) is 0 Å². The summed E-state index contributed by atoms with van der Waals surface area (Å²) in [5.41, 5.74) is 3.66. The van der Waals surface area contributed by atoms with Gasteiger partial charge in [0.05, 0.1) is 16.1 Å². The minimum Gasteiger partial charge on any atom is -0.0906 e. The molecule has 152 valence electrons. The molecule has 0 aliphatic heterocycles. The van der Waals surface area contributed by atoms with Gasteiger partial charge in [-0.1, -0.05) is 143 Å². The van der Waals surface area contributed by atoms with E-state index in [9.17, 15) is 0 Å². The summed E-state index contributed by atoms with van der Waals surface area (Å²) >= 11 is 0. The van der Waals surface area contributed by atoms with E-state index in [1.54, 1.807) is 10.4 Å². The van der Waals surface area contributed by atoms with Crippen LogP contribution in [0.5, 0.6) is 0 Å². The zero-order chi connectivity index (χ0) is 20.8. The monoisotopic (exact) mass is 408 g/mol. The molecule has 0 N–H and O–H groups in total. The molecule has 0 saturated carbocycles. The molecular formula is C26H40Si2. The summed E-state index contributed by atoms with van der Waals surface area (Å²) in [5.74, 6) is 0. The second kappa shape index (κ2) is 9.89. The predicted molar refractivity (Wildman–Crippen MR) is 135 cm³/mol. The molecule has 0 saturated heterocycles. The van der Waals surface area contributed by atoms with Crippen molar-refractivity contribution in [2.24, 2.45) is 0 Å². The van der Waals surface area contributed by atoms with E-state index in [4.69, 9.17) is 0 Å². The first kappa shape index (κ1) is 22.9. The van der Waals surface area contributed by atoms with Gasteiger partial charge in [0.25, 0.3) is 0 Å². The van der Waals surface area contributed by atoms with Gasteiger partial charge in [-0.3, -0.25) is 0 Å². The van der Waals surface area contributed by atoms with Gasteiger partial charge < -0.3 is 0 Å². The third-order valence-electron chi connectivity index (χ3n) is 7.75. The molecule has 2 rings (SSSR count). The van der Waals surface area contributed by atoms with Gasteiger partial charge in [-0.25, -0.2) is 0 Å². The highest BCUT2D eigenvalue weighted by Gasteiger charge is 2.29. The van der Waals surface area contributed by atoms with Crippen LogP contribution in [-0.4, -0.2) is 16.1 Å². The molecule has 2 heteroatoms. The molecular weight excluding hydrogens is 368 g/mol. The highest BCUT2D eigenvalue weighted by molar-refractivity contribution is 6.92. The molecule has 0 heterocycles. The van der Waals surface area contributed by atoms with E-state index in [-0.39, 0.29) is 0 Å². The second-order valence-electron chi connectivity index (χ2n) is 8.32. The predicted octanol–water partition coefficient (Wildman–Crippen LogP) is 7.18. The average molecular weight is 409 g/mol. The molecule has 28 heavy (non-hydrogen) atoms. The molecule has 0 aliphatic carbocycles. The molecule has 0 amide bonds. The highest BCUT2D eigenvalue weighted by Crippen LogP contribution is 2.25. The Hall–Kier alpha value is -1.39. The van der Waals surface area contributed by atoms with E-state index in [1.165, 1.54) is 47.4 Å². The molecule has 0 spiro atoms. The minimum atomic E-state index is -1.30. The molecule has 0 nitrogen and oxygen atoms in total. The van der Waals surface area contributed by atoms with Gasteiger partial charge in [-0.15, -0.1) is 0 Å². The maximum Gasteiger partial charge on any atom is 0.0859 e. The Morgan fingerprint density at radius 2 is 0.786 bits per heavy atom. The smallest absolute Gasteiger partial charge is 0.0859 e. The molecule has 0 unspecified atom stereocenters. The summed E-state index contributed by atoms with van der Waals surface area (Å²) < 4.78 is 0. The molecule has 0 aliphatic rings. The van der Waals surface area contributed by atoms with Gasteiger partial charge in [0.1, 0.15) is 0 Å². The lowest BCUT2D eigenvalue weighted by atomic mass is 10.00. The van der Waals surface area contributed by atoms with E-state index in [1.807, 2.05) is 0 Å². The number of hydrogen-bond donors (Lipinski definition) is 0. The summed E-state index contributed by atoms with van der Waals surface area (Å²) in [5, 5.41) is 3.22. The average Bonchev–Trinajstić information content (AvgIpc) is 2.77. The number of benzene rings is 2. The minimum absolute atomic E-state index is 1.15. The number of rotatable bonds is 10. The Bertz CT molecular complexity index is 666. The maximum atomic E-state index is 4.42. The van der Waals surface area contributed by atoms with Crippen LogP contribution in [0.3, 0.4) is 0 Å². The first-order chi connectivity index (χ1) is 13.5. The van der Waals surface area contributed by atoms with E-state index in [0.29, 0.717) is 0 Å². The molecule has 0 atom stereocenters. The van der Waals surface area contributed by atoms with Gasteiger partial charge in [0.15, 0.2) is 0 Å². The Morgan fingerprint density at radius 1 is 0.536 bits per heavy atom. The van der Waals surface area contributed by atoms with Gasteiger partial charge in [-0.2, -0.15) is 0 Å². The van der Waals surface area contributed by atoms with Gasteiger partial charge in [0.2, 0.25) is 0 Å². The lowest BCUT2D eigenvalue weighted by Crippen LogP contribution is -2.45. The summed E-state index contributed by atoms with van der Waals surface area (Å²) in [6, 6.07) is 26.8. The van der Waals surface area contributed by atoms with Crippen LogP contribution < -0.4 is 10.4 Å². The Kier molecular flexibility index (Phi) is 8.09. The standard InChI is InChI=1S/C26H40Si2/c1-8-27(9-2,10-3)25-18-14-23(15-19-25)22(7)24-16-20-26(21-17-24)28(11-4,12-5)13-6/h14-21H,7-13H2,1-6H3. The largest absolute Gasteiger partial charge is 0.0906 e. The summed E-state index contributed by atoms with van der Waals surface area (Å²) in [6.45, 7) is 18.7. The summed E-state index contributed by atoms with van der Waals surface area (Å²) in [6.07, 6.45) is 0. The lowest BCUT2D eigenvalue weighted by Gasteiger charge is -2.29. The van der Waals surface area contributed by atoms with Crippen LogP contribution >= 0.6 is 0 Å². The second-order valence-corrected chi connectivity index (χ2v) is 18.8. The molecule has 0 aromatic heterocycles. The molecule has 0 radical (unpaired) electrons. The maximum absolute atomic E-state index is 4.42. The lowest BCUT2D eigenvalue weighted by molar-refractivity contribution is 1.19. The van der Waals surface area contributed by atoms with Crippen molar-refractivity contribution in [3.8, 4) is 0 Å². The van der Waals surface area contributed by atoms with Gasteiger partial charge >= 0.3 is 0 Å². The van der Waals surface area contributed by atoms with Crippen molar-refractivity contribution in [3.63, 3.8) is 0 Å². The fraction of sp³-hybridized carbons (Fsp3) is 0.462. The Balaban J connectivity index is 2.27. The van der Waals surface area contributed by atoms with Crippen LogP contribution in [0.4, 0.5) is 0 Å². The van der Waals surface area contributed by atoms with Crippen molar-refractivity contribution in [1.29, 1.82) is 0 Å². The quantitative estimate of drug-likeness (QED) is 0.365. The van der Waals surface area contributed by atoms with Crippen LogP contribution in [0, 0.1) is 0 Å². The zero-order valence-electron chi connectivity index (χ0n) is 19.1. The van der Waals surface area contributed by atoms with Crippen molar-refractivity contribution < 1.29 is 0 Å². The number of hydrogen-bond acceptors (Lipinski definition) is 0.